The van der Waals surface area contributed by atoms with E-state index in [1.54, 1.807) is 0 Å². The molecule has 0 aliphatic rings. The van der Waals surface area contributed by atoms with Gasteiger partial charge in [0.15, 0.2) is 0 Å². The minimum Gasteiger partial charge on any atom is -0.481 e. The van der Waals surface area contributed by atoms with Crippen LogP contribution < -0.4 is 5.73 Å². The molecule has 7 heteroatoms. The van der Waals surface area contributed by atoms with Crippen LogP contribution in [0.2, 0.25) is 0 Å². The largest absolute Gasteiger partial charge is 0.481 e. The van der Waals surface area contributed by atoms with Gasteiger partial charge >= 0.3 is 11.9 Å². The van der Waals surface area contributed by atoms with Crippen LogP contribution in [0.25, 0.3) is 0 Å². The summed E-state index contributed by atoms with van der Waals surface area (Å²) in [6, 6.07) is 0. The Balaban J connectivity index is 0. The topological polar surface area (TPSA) is 107 Å². The van der Waals surface area contributed by atoms with E-state index in [1.807, 2.05) is 0 Å². The van der Waals surface area contributed by atoms with E-state index in [9.17, 15) is 14.4 Å². The molecule has 0 fully saturated rings. The number of rotatable bonds is 8. The normalized spacial score (nSPS) is 9.06. The summed E-state index contributed by atoms with van der Waals surface area (Å²) < 4.78 is 4.69. The van der Waals surface area contributed by atoms with Gasteiger partial charge in [0.25, 0.3) is 0 Å². The lowest BCUT2D eigenvalue weighted by Gasteiger charge is -2.02. The van der Waals surface area contributed by atoms with Gasteiger partial charge in [-0.05, 0) is 6.42 Å². The first-order valence-corrected chi connectivity index (χ1v) is 4.65. The van der Waals surface area contributed by atoms with E-state index in [-0.39, 0.29) is 57.0 Å². The second-order valence-electron chi connectivity index (χ2n) is 2.96. The summed E-state index contributed by atoms with van der Waals surface area (Å²) in [5.74, 6) is -1.62. The highest BCUT2D eigenvalue weighted by atomic mass is 35.5. The summed E-state index contributed by atoms with van der Waals surface area (Å²) in [6.45, 7) is -0.00571. The molecule has 0 rings (SSSR count). The van der Waals surface area contributed by atoms with Crippen molar-refractivity contribution in [1.29, 1.82) is 0 Å². The number of esters is 1. The van der Waals surface area contributed by atoms with Gasteiger partial charge in [-0.1, -0.05) is 0 Å². The van der Waals surface area contributed by atoms with Crippen LogP contribution in [-0.4, -0.2) is 36.0 Å². The Morgan fingerprint density at radius 2 is 1.75 bits per heavy atom. The summed E-state index contributed by atoms with van der Waals surface area (Å²) in [5.41, 5.74) is 5.05. The molecular weight excluding hydrogens is 238 g/mol. The van der Waals surface area contributed by atoms with E-state index in [1.165, 1.54) is 0 Å². The molecule has 0 aliphatic heterocycles. The van der Waals surface area contributed by atoms with Crippen molar-refractivity contribution in [3.8, 4) is 0 Å². The summed E-state index contributed by atoms with van der Waals surface area (Å²) in [5, 5.41) is 8.29. The Kier molecular flexibility index (Phi) is 11.2. The monoisotopic (exact) mass is 253 g/mol. The van der Waals surface area contributed by atoms with Crippen molar-refractivity contribution in [2.75, 3.05) is 13.2 Å². The molecule has 0 bridgehead atoms. The maximum atomic E-state index is 10.9. The molecule has 16 heavy (non-hydrogen) atoms. The van der Waals surface area contributed by atoms with Gasteiger partial charge in [0.1, 0.15) is 5.78 Å². The van der Waals surface area contributed by atoms with Crippen molar-refractivity contribution in [2.45, 2.75) is 25.7 Å². The second-order valence-corrected chi connectivity index (χ2v) is 2.96. The molecule has 0 atom stereocenters. The molecule has 3 N–H and O–H groups in total. The van der Waals surface area contributed by atoms with E-state index in [4.69, 9.17) is 15.6 Å². The molecule has 0 spiro atoms. The molecule has 0 aromatic carbocycles. The number of carboxylic acid groups (broad SMARTS) is 1. The highest BCUT2D eigenvalue weighted by Crippen LogP contribution is 1.96. The van der Waals surface area contributed by atoms with Crippen LogP contribution in [0.1, 0.15) is 25.7 Å². The van der Waals surface area contributed by atoms with Crippen LogP contribution in [0.3, 0.4) is 0 Å². The van der Waals surface area contributed by atoms with Crippen molar-refractivity contribution < 1.29 is 24.2 Å². The first-order chi connectivity index (χ1) is 7.06. The fourth-order valence-corrected chi connectivity index (χ4v) is 0.825. The molecule has 0 unspecified atom stereocenters. The van der Waals surface area contributed by atoms with Crippen LogP contribution in [0.5, 0.6) is 0 Å². The van der Waals surface area contributed by atoms with E-state index in [0.29, 0.717) is 0 Å². The van der Waals surface area contributed by atoms with E-state index >= 15 is 0 Å². The van der Waals surface area contributed by atoms with Gasteiger partial charge in [0.2, 0.25) is 0 Å². The third-order valence-corrected chi connectivity index (χ3v) is 1.63. The van der Waals surface area contributed by atoms with Crippen LogP contribution in [0.15, 0.2) is 0 Å². The average molecular weight is 254 g/mol. The third kappa shape index (κ3) is 10.9. The maximum Gasteiger partial charge on any atom is 0.306 e. The van der Waals surface area contributed by atoms with E-state index in [0.717, 1.165) is 0 Å². The fourth-order valence-electron chi connectivity index (χ4n) is 0.825. The number of halogens is 1. The summed E-state index contributed by atoms with van der Waals surface area (Å²) in [7, 11) is 0. The standard InChI is InChI=1S/C9H15NO5.ClH/c10-6-7(11)3-4-9(14)15-5-1-2-8(12)13;/h1-6,10H2,(H,12,13);1H. The van der Waals surface area contributed by atoms with Crippen molar-refractivity contribution in [3.05, 3.63) is 0 Å². The van der Waals surface area contributed by atoms with Gasteiger partial charge in [0, 0.05) is 12.8 Å². The van der Waals surface area contributed by atoms with Crippen LogP contribution in [0, 0.1) is 0 Å². The van der Waals surface area contributed by atoms with Gasteiger partial charge in [-0.2, -0.15) is 0 Å². The minimum absolute atomic E-state index is 0. The molecule has 0 saturated heterocycles. The molecule has 0 saturated carbocycles. The Morgan fingerprint density at radius 1 is 1.12 bits per heavy atom. The highest BCUT2D eigenvalue weighted by Gasteiger charge is 2.06. The van der Waals surface area contributed by atoms with Crippen LogP contribution >= 0.6 is 12.4 Å². The fraction of sp³-hybridized carbons (Fsp3) is 0.667. The number of ketones is 1. The lowest BCUT2D eigenvalue weighted by Crippen LogP contribution is -2.15. The minimum atomic E-state index is -0.927. The first-order valence-electron chi connectivity index (χ1n) is 4.65. The number of ether oxygens (including phenoxy) is 1. The molecule has 0 aliphatic carbocycles. The Hall–Kier alpha value is -1.14. The Bertz CT molecular complexity index is 244. The number of hydrogen-bond donors (Lipinski definition) is 2. The Labute approximate surface area is 99.5 Å². The number of hydrogen-bond acceptors (Lipinski definition) is 5. The zero-order valence-electron chi connectivity index (χ0n) is 8.81. The number of carbonyl (C=O) groups excluding carboxylic acids is 2. The smallest absolute Gasteiger partial charge is 0.306 e. The maximum absolute atomic E-state index is 10.9. The number of Topliss-reactive ketones (excluding diaryl/α,β-unsaturated/α-hetero) is 1. The number of aliphatic carboxylic acids is 1. The predicted octanol–water partition coefficient (Wildman–Crippen LogP) is 0.124. The highest BCUT2D eigenvalue weighted by molar-refractivity contribution is 5.85. The molecule has 0 radical (unpaired) electrons. The molecule has 0 aromatic rings. The molecule has 6 nitrogen and oxygen atoms in total. The third-order valence-electron chi connectivity index (χ3n) is 1.63. The summed E-state index contributed by atoms with van der Waals surface area (Å²) >= 11 is 0. The molecule has 0 heterocycles. The van der Waals surface area contributed by atoms with Crippen LogP contribution in [0.4, 0.5) is 0 Å². The molecule has 94 valence electrons. The lowest BCUT2D eigenvalue weighted by molar-refractivity contribution is -0.146. The van der Waals surface area contributed by atoms with Gasteiger partial charge in [-0.3, -0.25) is 14.4 Å². The van der Waals surface area contributed by atoms with Crippen LogP contribution in [-0.2, 0) is 19.1 Å². The molecular formula is C9H16ClNO5. The predicted molar refractivity (Wildman–Crippen MR) is 58.4 cm³/mol. The van der Waals surface area contributed by atoms with Crippen molar-refractivity contribution in [1.82, 2.24) is 0 Å². The zero-order valence-corrected chi connectivity index (χ0v) is 9.62. The van der Waals surface area contributed by atoms with Gasteiger partial charge in [-0.15, -0.1) is 12.4 Å². The van der Waals surface area contributed by atoms with Crippen molar-refractivity contribution >= 4 is 30.1 Å². The zero-order chi connectivity index (χ0) is 11.7. The van der Waals surface area contributed by atoms with E-state index in [2.05, 4.69) is 0 Å². The Morgan fingerprint density at radius 3 is 2.25 bits per heavy atom. The van der Waals surface area contributed by atoms with Crippen molar-refractivity contribution in [3.63, 3.8) is 0 Å². The van der Waals surface area contributed by atoms with E-state index < -0.39 is 11.9 Å². The number of nitrogens with two attached hydrogens (primary N) is 1. The lowest BCUT2D eigenvalue weighted by atomic mass is 10.2. The SMILES string of the molecule is Cl.NCC(=O)CCC(=O)OCCCC(=O)O. The molecule has 0 amide bonds. The second kappa shape index (κ2) is 10.4. The number of carboxylic acids is 1. The summed E-state index contributed by atoms with van der Waals surface area (Å²) in [6.07, 6.45) is 0.332. The van der Waals surface area contributed by atoms with Gasteiger partial charge in [0.05, 0.1) is 19.6 Å². The molecule has 0 aromatic heterocycles. The van der Waals surface area contributed by atoms with Crippen molar-refractivity contribution in [2.24, 2.45) is 5.73 Å². The quantitative estimate of drug-likeness (QED) is 0.470. The first kappa shape index (κ1) is 17.3. The van der Waals surface area contributed by atoms with Gasteiger partial charge in [-0.25, -0.2) is 0 Å². The average Bonchev–Trinajstić information content (AvgIpc) is 2.20. The number of carbonyl (C=O) groups is 3. The summed E-state index contributed by atoms with van der Waals surface area (Å²) in [4.78, 5) is 31.8. The van der Waals surface area contributed by atoms with Gasteiger partial charge < -0.3 is 15.6 Å².